The van der Waals surface area contributed by atoms with Crippen molar-refractivity contribution in [1.82, 2.24) is 10.1 Å². The number of hydrogen-bond donors (Lipinski definition) is 0. The Morgan fingerprint density at radius 2 is 1.87 bits per heavy atom. The van der Waals surface area contributed by atoms with Crippen LogP contribution in [0.3, 0.4) is 0 Å². The highest BCUT2D eigenvalue weighted by Gasteiger charge is 2.35. The van der Waals surface area contributed by atoms with Gasteiger partial charge in [-0.05, 0) is 43.3 Å². The van der Waals surface area contributed by atoms with Crippen LogP contribution in [0.5, 0.6) is 17.2 Å². The molecule has 0 bridgehead atoms. The number of benzene rings is 2. The molecule has 0 radical (unpaired) electrons. The number of hydrogen-bond acceptors (Lipinski definition) is 7. The summed E-state index contributed by atoms with van der Waals surface area (Å²) in [4.78, 5) is 18.9. The van der Waals surface area contributed by atoms with Crippen molar-refractivity contribution < 1.29 is 23.5 Å². The van der Waals surface area contributed by atoms with Gasteiger partial charge in [-0.1, -0.05) is 5.16 Å². The molecular weight excluding hydrogens is 386 g/mol. The fourth-order valence-electron chi connectivity index (χ4n) is 3.51. The quantitative estimate of drug-likeness (QED) is 0.588. The fraction of sp³-hybridized carbons (Fsp3) is 0.318. The van der Waals surface area contributed by atoms with Gasteiger partial charge in [0.05, 0.1) is 32.3 Å². The molecule has 1 unspecified atom stereocenters. The van der Waals surface area contributed by atoms with Crippen LogP contribution in [0.15, 0.2) is 47.0 Å². The van der Waals surface area contributed by atoms with Crippen LogP contribution in [0.1, 0.15) is 25.2 Å². The summed E-state index contributed by atoms with van der Waals surface area (Å²) < 4.78 is 21.6. The lowest BCUT2D eigenvalue weighted by atomic mass is 10.1. The normalized spacial score (nSPS) is 16.0. The minimum absolute atomic E-state index is 0.0194. The Morgan fingerprint density at radius 1 is 1.10 bits per heavy atom. The number of aromatic nitrogens is 2. The van der Waals surface area contributed by atoms with Gasteiger partial charge >= 0.3 is 0 Å². The molecule has 1 aromatic heterocycles. The Hall–Kier alpha value is -3.55. The summed E-state index contributed by atoms with van der Waals surface area (Å²) in [5, 5.41) is 4.10. The van der Waals surface area contributed by atoms with Crippen LogP contribution in [0, 0.1) is 0 Å². The van der Waals surface area contributed by atoms with Crippen molar-refractivity contribution >= 4 is 11.6 Å². The lowest BCUT2D eigenvalue weighted by Gasteiger charge is -2.16. The number of anilines is 1. The standard InChI is InChI=1S/C22H23N3O5/c1-4-29-16-7-5-15(6-8-16)25-13-14(11-20(25)26)22-23-21(24-30-22)18-10-9-17(27-2)12-19(18)28-3/h5-10,12,14H,4,11,13H2,1-3H3. The minimum atomic E-state index is -0.172. The van der Waals surface area contributed by atoms with E-state index in [-0.39, 0.29) is 11.8 Å². The Balaban J connectivity index is 1.52. The summed E-state index contributed by atoms with van der Waals surface area (Å²) in [5.74, 6) is 2.73. The lowest BCUT2D eigenvalue weighted by molar-refractivity contribution is -0.117. The van der Waals surface area contributed by atoms with Crippen molar-refractivity contribution in [1.29, 1.82) is 0 Å². The molecule has 2 heterocycles. The molecule has 8 heteroatoms. The second kappa shape index (κ2) is 8.44. The van der Waals surface area contributed by atoms with Gasteiger partial charge in [0.2, 0.25) is 17.6 Å². The number of carbonyl (C=O) groups excluding carboxylic acids is 1. The predicted molar refractivity (Wildman–Crippen MR) is 110 cm³/mol. The third-order valence-electron chi connectivity index (χ3n) is 5.03. The second-order valence-electron chi connectivity index (χ2n) is 6.85. The van der Waals surface area contributed by atoms with E-state index in [1.807, 2.05) is 37.3 Å². The van der Waals surface area contributed by atoms with Crippen LogP contribution in [0.4, 0.5) is 5.69 Å². The molecule has 1 aliphatic heterocycles. The number of ether oxygens (including phenoxy) is 3. The zero-order valence-electron chi connectivity index (χ0n) is 17.1. The third kappa shape index (κ3) is 3.80. The van der Waals surface area contributed by atoms with E-state index in [4.69, 9.17) is 18.7 Å². The third-order valence-corrected chi connectivity index (χ3v) is 5.03. The molecule has 1 fully saturated rings. The highest BCUT2D eigenvalue weighted by atomic mass is 16.5. The number of rotatable bonds is 7. The molecule has 3 aromatic rings. The number of nitrogens with zero attached hydrogens (tertiary/aromatic N) is 3. The van der Waals surface area contributed by atoms with E-state index in [1.165, 1.54) is 0 Å². The Kier molecular flexibility index (Phi) is 5.56. The number of carbonyl (C=O) groups is 1. The molecule has 1 atom stereocenters. The van der Waals surface area contributed by atoms with Crippen molar-refractivity contribution in [2.24, 2.45) is 0 Å². The molecular formula is C22H23N3O5. The molecule has 4 rings (SSSR count). The van der Waals surface area contributed by atoms with E-state index in [0.717, 1.165) is 11.4 Å². The van der Waals surface area contributed by atoms with Crippen LogP contribution in [-0.4, -0.2) is 43.4 Å². The van der Waals surface area contributed by atoms with E-state index in [9.17, 15) is 4.79 Å². The highest BCUT2D eigenvalue weighted by Crippen LogP contribution is 2.35. The number of methoxy groups -OCH3 is 2. The van der Waals surface area contributed by atoms with Crippen molar-refractivity contribution in [2.75, 3.05) is 32.3 Å². The van der Waals surface area contributed by atoms with Gasteiger partial charge in [-0.2, -0.15) is 4.98 Å². The first-order valence-electron chi connectivity index (χ1n) is 9.72. The molecule has 0 spiro atoms. The van der Waals surface area contributed by atoms with Gasteiger partial charge in [-0.15, -0.1) is 0 Å². The highest BCUT2D eigenvalue weighted by molar-refractivity contribution is 5.96. The Bertz CT molecular complexity index is 1030. The van der Waals surface area contributed by atoms with E-state index in [0.29, 0.717) is 48.4 Å². The Morgan fingerprint density at radius 3 is 2.57 bits per heavy atom. The molecule has 1 saturated heterocycles. The monoisotopic (exact) mass is 409 g/mol. The van der Waals surface area contributed by atoms with Crippen LogP contribution in [-0.2, 0) is 4.79 Å². The molecule has 1 amide bonds. The SMILES string of the molecule is CCOc1ccc(N2CC(c3nc(-c4ccc(OC)cc4OC)no3)CC2=O)cc1. The lowest BCUT2D eigenvalue weighted by Crippen LogP contribution is -2.24. The van der Waals surface area contributed by atoms with Crippen molar-refractivity contribution in [3.63, 3.8) is 0 Å². The molecule has 0 saturated carbocycles. The zero-order valence-corrected chi connectivity index (χ0v) is 17.1. The second-order valence-corrected chi connectivity index (χ2v) is 6.85. The largest absolute Gasteiger partial charge is 0.497 e. The van der Waals surface area contributed by atoms with E-state index in [2.05, 4.69) is 10.1 Å². The summed E-state index contributed by atoms with van der Waals surface area (Å²) in [6, 6.07) is 12.9. The molecule has 1 aliphatic rings. The summed E-state index contributed by atoms with van der Waals surface area (Å²) in [7, 11) is 3.16. The average Bonchev–Trinajstić information content (AvgIpc) is 3.41. The van der Waals surface area contributed by atoms with Crippen LogP contribution in [0.2, 0.25) is 0 Å². The maximum absolute atomic E-state index is 12.6. The maximum atomic E-state index is 12.6. The first-order chi connectivity index (χ1) is 14.6. The van der Waals surface area contributed by atoms with Crippen LogP contribution >= 0.6 is 0 Å². The van der Waals surface area contributed by atoms with Crippen LogP contribution in [0.25, 0.3) is 11.4 Å². The van der Waals surface area contributed by atoms with Gasteiger partial charge in [-0.25, -0.2) is 0 Å². The van der Waals surface area contributed by atoms with Gasteiger partial charge in [0.1, 0.15) is 17.2 Å². The Labute approximate surface area is 174 Å². The van der Waals surface area contributed by atoms with Crippen LogP contribution < -0.4 is 19.1 Å². The van der Waals surface area contributed by atoms with Crippen molar-refractivity contribution in [3.05, 3.63) is 48.4 Å². The summed E-state index contributed by atoms with van der Waals surface area (Å²) in [6.45, 7) is 3.01. The average molecular weight is 409 g/mol. The van der Waals surface area contributed by atoms with Gasteiger partial charge in [0.15, 0.2) is 0 Å². The predicted octanol–water partition coefficient (Wildman–Crippen LogP) is 3.67. The molecule has 8 nitrogen and oxygen atoms in total. The van der Waals surface area contributed by atoms with Crippen molar-refractivity contribution in [3.8, 4) is 28.6 Å². The molecule has 0 N–H and O–H groups in total. The van der Waals surface area contributed by atoms with E-state index in [1.54, 1.807) is 31.3 Å². The smallest absolute Gasteiger partial charge is 0.232 e. The minimum Gasteiger partial charge on any atom is -0.497 e. The fourth-order valence-corrected chi connectivity index (χ4v) is 3.51. The van der Waals surface area contributed by atoms with E-state index < -0.39 is 0 Å². The van der Waals surface area contributed by atoms with E-state index >= 15 is 0 Å². The molecule has 30 heavy (non-hydrogen) atoms. The molecule has 0 aliphatic carbocycles. The van der Waals surface area contributed by atoms with Gasteiger partial charge in [0.25, 0.3) is 0 Å². The zero-order chi connectivity index (χ0) is 21.1. The first kappa shape index (κ1) is 19.8. The summed E-state index contributed by atoms with van der Waals surface area (Å²) in [5.41, 5.74) is 1.52. The molecule has 156 valence electrons. The summed E-state index contributed by atoms with van der Waals surface area (Å²) in [6.07, 6.45) is 0.314. The maximum Gasteiger partial charge on any atom is 0.232 e. The van der Waals surface area contributed by atoms with Gasteiger partial charge in [0, 0.05) is 24.7 Å². The molecule has 2 aromatic carbocycles. The first-order valence-corrected chi connectivity index (χ1v) is 9.72. The number of amides is 1. The topological polar surface area (TPSA) is 86.9 Å². The van der Waals surface area contributed by atoms with Gasteiger partial charge in [-0.3, -0.25) is 4.79 Å². The van der Waals surface area contributed by atoms with Crippen molar-refractivity contribution in [2.45, 2.75) is 19.3 Å². The summed E-state index contributed by atoms with van der Waals surface area (Å²) >= 11 is 0. The van der Waals surface area contributed by atoms with Gasteiger partial charge < -0.3 is 23.6 Å².